The second kappa shape index (κ2) is 7.00. The van der Waals surface area contributed by atoms with E-state index >= 15 is 0 Å². The lowest BCUT2D eigenvalue weighted by Gasteiger charge is -2.11. The van der Waals surface area contributed by atoms with Crippen molar-refractivity contribution in [3.05, 3.63) is 30.1 Å². The number of amides is 3. The van der Waals surface area contributed by atoms with Gasteiger partial charge >= 0.3 is 6.03 Å². The minimum atomic E-state index is -0.506. The molecule has 0 spiro atoms. The van der Waals surface area contributed by atoms with Gasteiger partial charge in [0, 0.05) is 11.4 Å². The maximum Gasteiger partial charge on any atom is 0.321 e. The Bertz CT molecular complexity index is 423. The molecule has 0 heterocycles. The lowest BCUT2D eigenvalue weighted by atomic mass is 10.3. The molecule has 0 radical (unpaired) electrons. The van der Waals surface area contributed by atoms with Crippen LogP contribution in [0, 0.1) is 5.82 Å². The van der Waals surface area contributed by atoms with Crippen LogP contribution in [0.15, 0.2) is 29.2 Å². The smallest absolute Gasteiger partial charge is 0.321 e. The van der Waals surface area contributed by atoms with Crippen molar-refractivity contribution in [1.82, 2.24) is 10.6 Å². The topological polar surface area (TPSA) is 58.2 Å². The number of hydrogen-bond acceptors (Lipinski definition) is 3. The summed E-state index contributed by atoms with van der Waals surface area (Å²) in [5.41, 5.74) is 0. The Morgan fingerprint density at radius 1 is 1.33 bits per heavy atom. The molecule has 0 aliphatic heterocycles. The average Bonchev–Trinajstić information content (AvgIpc) is 2.32. The molecule has 0 saturated carbocycles. The van der Waals surface area contributed by atoms with E-state index in [1.54, 1.807) is 26.0 Å². The quantitative estimate of drug-likeness (QED) is 0.824. The molecule has 2 N–H and O–H groups in total. The Kier molecular flexibility index (Phi) is 5.64. The largest absolute Gasteiger partial charge is 0.338 e. The highest BCUT2D eigenvalue weighted by atomic mass is 32.2. The first-order valence-electron chi connectivity index (χ1n) is 5.54. The summed E-state index contributed by atoms with van der Waals surface area (Å²) in [4.78, 5) is 23.6. The molecule has 0 bridgehead atoms. The van der Waals surface area contributed by atoms with Crippen LogP contribution in [0.1, 0.15) is 13.8 Å². The van der Waals surface area contributed by atoms with Crippen LogP contribution < -0.4 is 10.6 Å². The molecule has 0 aliphatic rings. The highest BCUT2D eigenvalue weighted by Gasteiger charge is 2.16. The van der Waals surface area contributed by atoms with Crippen molar-refractivity contribution in [2.75, 3.05) is 6.54 Å². The zero-order chi connectivity index (χ0) is 13.5. The number of imide groups is 1. The van der Waals surface area contributed by atoms with E-state index in [9.17, 15) is 14.0 Å². The number of benzene rings is 1. The van der Waals surface area contributed by atoms with E-state index in [-0.39, 0.29) is 11.7 Å². The van der Waals surface area contributed by atoms with Gasteiger partial charge in [-0.15, -0.1) is 11.8 Å². The van der Waals surface area contributed by atoms with Gasteiger partial charge in [0.05, 0.1) is 5.25 Å². The van der Waals surface area contributed by atoms with Gasteiger partial charge in [0.1, 0.15) is 5.82 Å². The van der Waals surface area contributed by atoms with Crippen molar-refractivity contribution in [3.8, 4) is 0 Å². The van der Waals surface area contributed by atoms with Crippen LogP contribution in [-0.2, 0) is 4.79 Å². The minimum Gasteiger partial charge on any atom is -0.338 e. The summed E-state index contributed by atoms with van der Waals surface area (Å²) in [6, 6.07) is 5.34. The van der Waals surface area contributed by atoms with Gasteiger partial charge in [0.2, 0.25) is 5.91 Å². The Balaban J connectivity index is 2.49. The maximum absolute atomic E-state index is 12.7. The molecule has 3 amide bonds. The number of carbonyl (C=O) groups excluding carboxylic acids is 2. The molecule has 4 nitrogen and oxygen atoms in total. The van der Waals surface area contributed by atoms with Crippen molar-refractivity contribution in [2.45, 2.75) is 24.0 Å². The van der Waals surface area contributed by atoms with Crippen LogP contribution in [0.25, 0.3) is 0 Å². The minimum absolute atomic E-state index is 0.321. The Labute approximate surface area is 109 Å². The van der Waals surface area contributed by atoms with Gasteiger partial charge in [0.15, 0.2) is 0 Å². The van der Waals surface area contributed by atoms with Crippen LogP contribution in [0.5, 0.6) is 0 Å². The summed E-state index contributed by atoms with van der Waals surface area (Å²) in [6.07, 6.45) is 0. The van der Waals surface area contributed by atoms with Gasteiger partial charge in [-0.25, -0.2) is 9.18 Å². The van der Waals surface area contributed by atoms with E-state index in [0.717, 1.165) is 4.90 Å². The van der Waals surface area contributed by atoms with Gasteiger partial charge in [-0.2, -0.15) is 0 Å². The van der Waals surface area contributed by atoms with Gasteiger partial charge in [-0.1, -0.05) is 0 Å². The number of halogens is 1. The van der Waals surface area contributed by atoms with E-state index < -0.39 is 11.3 Å². The van der Waals surface area contributed by atoms with Crippen LogP contribution in [-0.4, -0.2) is 23.7 Å². The number of carbonyl (C=O) groups is 2. The molecular weight excluding hydrogens is 255 g/mol. The molecule has 0 fully saturated rings. The number of urea groups is 1. The van der Waals surface area contributed by atoms with Crippen molar-refractivity contribution < 1.29 is 14.0 Å². The standard InChI is InChI=1S/C12H15FN2O2S/c1-3-14-12(17)15-11(16)8(2)18-10-6-4-9(13)5-7-10/h4-8H,3H2,1-2H3,(H2,14,15,16,17)/t8-/m0/s1. The highest BCUT2D eigenvalue weighted by molar-refractivity contribution is 8.00. The van der Waals surface area contributed by atoms with Crippen molar-refractivity contribution in [3.63, 3.8) is 0 Å². The molecule has 1 rings (SSSR count). The number of thioether (sulfide) groups is 1. The molecule has 0 aromatic heterocycles. The molecule has 0 saturated heterocycles. The third-order valence-electron chi connectivity index (χ3n) is 2.07. The molecule has 1 atom stereocenters. The van der Waals surface area contributed by atoms with Crippen LogP contribution in [0.2, 0.25) is 0 Å². The van der Waals surface area contributed by atoms with Gasteiger partial charge in [-0.3, -0.25) is 10.1 Å². The first-order valence-corrected chi connectivity index (χ1v) is 6.41. The molecule has 0 unspecified atom stereocenters. The van der Waals surface area contributed by atoms with E-state index in [4.69, 9.17) is 0 Å². The first kappa shape index (κ1) is 14.5. The molecule has 6 heteroatoms. The fraction of sp³-hybridized carbons (Fsp3) is 0.333. The Morgan fingerprint density at radius 3 is 2.50 bits per heavy atom. The lowest BCUT2D eigenvalue weighted by molar-refractivity contribution is -0.119. The summed E-state index contributed by atoms with van der Waals surface area (Å²) in [5.74, 6) is -0.700. The van der Waals surface area contributed by atoms with Crippen molar-refractivity contribution >= 4 is 23.7 Å². The van der Waals surface area contributed by atoms with Crippen LogP contribution in [0.3, 0.4) is 0 Å². The zero-order valence-corrected chi connectivity index (χ0v) is 11.0. The predicted molar refractivity (Wildman–Crippen MR) is 68.9 cm³/mol. The predicted octanol–water partition coefficient (Wildman–Crippen LogP) is 2.15. The molecule has 1 aromatic carbocycles. The summed E-state index contributed by atoms with van der Waals surface area (Å²) in [6.45, 7) is 3.90. The zero-order valence-electron chi connectivity index (χ0n) is 10.2. The van der Waals surface area contributed by atoms with Crippen molar-refractivity contribution in [2.24, 2.45) is 0 Å². The normalized spacial score (nSPS) is 11.7. The van der Waals surface area contributed by atoms with Crippen LogP contribution in [0.4, 0.5) is 9.18 Å². The second-order valence-electron chi connectivity index (χ2n) is 3.56. The molecule has 98 valence electrons. The fourth-order valence-electron chi connectivity index (χ4n) is 1.19. The number of hydrogen-bond donors (Lipinski definition) is 2. The molecule has 18 heavy (non-hydrogen) atoms. The number of nitrogens with one attached hydrogen (secondary N) is 2. The summed E-state index contributed by atoms with van der Waals surface area (Å²) in [5, 5.41) is 4.27. The highest BCUT2D eigenvalue weighted by Crippen LogP contribution is 2.23. The second-order valence-corrected chi connectivity index (χ2v) is 4.98. The fourth-order valence-corrected chi connectivity index (χ4v) is 2.06. The summed E-state index contributed by atoms with van der Waals surface area (Å²) >= 11 is 1.26. The molecule has 1 aromatic rings. The van der Waals surface area contributed by atoms with Gasteiger partial charge < -0.3 is 5.32 Å². The van der Waals surface area contributed by atoms with E-state index in [0.29, 0.717) is 6.54 Å². The van der Waals surface area contributed by atoms with E-state index in [1.807, 2.05) is 0 Å². The molecular formula is C12H15FN2O2S. The average molecular weight is 270 g/mol. The monoisotopic (exact) mass is 270 g/mol. The van der Waals surface area contributed by atoms with E-state index in [2.05, 4.69) is 10.6 Å². The third kappa shape index (κ3) is 4.75. The Morgan fingerprint density at radius 2 is 1.94 bits per heavy atom. The SMILES string of the molecule is CCNC(=O)NC(=O)[C@H](C)Sc1ccc(F)cc1. The lowest BCUT2D eigenvalue weighted by Crippen LogP contribution is -2.42. The van der Waals surface area contributed by atoms with Crippen LogP contribution >= 0.6 is 11.8 Å². The first-order chi connectivity index (χ1) is 8.52. The van der Waals surface area contributed by atoms with E-state index in [1.165, 1.54) is 23.9 Å². The Hall–Kier alpha value is -1.56. The third-order valence-corrected chi connectivity index (χ3v) is 3.18. The maximum atomic E-state index is 12.7. The summed E-state index contributed by atoms with van der Waals surface area (Å²) in [7, 11) is 0. The van der Waals surface area contributed by atoms with Crippen molar-refractivity contribution in [1.29, 1.82) is 0 Å². The molecule has 0 aliphatic carbocycles. The number of rotatable bonds is 4. The van der Waals surface area contributed by atoms with Gasteiger partial charge in [-0.05, 0) is 38.1 Å². The summed E-state index contributed by atoms with van der Waals surface area (Å²) < 4.78 is 12.7. The van der Waals surface area contributed by atoms with Gasteiger partial charge in [0.25, 0.3) is 0 Å².